The monoisotopic (exact) mass is 424 g/mol. The number of hydrogen-bond donors (Lipinski definition) is 2. The lowest BCUT2D eigenvalue weighted by molar-refractivity contribution is -0.159. The van der Waals surface area contributed by atoms with Crippen molar-refractivity contribution in [3.63, 3.8) is 0 Å². The average molecular weight is 425 g/mol. The molecule has 3 saturated heterocycles. The van der Waals surface area contributed by atoms with Gasteiger partial charge in [0.2, 0.25) is 11.8 Å². The molecule has 0 radical (unpaired) electrons. The fraction of sp³-hybridized carbons (Fsp3) is 0.864. The molecule has 0 saturated carbocycles. The second-order valence-corrected chi connectivity index (χ2v) is 10.0. The summed E-state index contributed by atoms with van der Waals surface area (Å²) in [6, 6.07) is -0.774. The van der Waals surface area contributed by atoms with Crippen LogP contribution >= 0.6 is 0 Å². The normalized spacial score (nSPS) is 34.9. The Balaban J connectivity index is 1.96. The number of hydrogen-bond acceptors (Lipinski definition) is 6. The van der Waals surface area contributed by atoms with E-state index in [1.165, 1.54) is 0 Å². The SMILES string of the molecule is CCOC(=O)[C@H]1[C@H]2C(=O)N(CCCCCO)C(C(=O)NC(C)(C)C)C23CC[C@]1(C)O3. The highest BCUT2D eigenvalue weighted by Crippen LogP contribution is 2.63. The van der Waals surface area contributed by atoms with Crippen molar-refractivity contribution in [2.45, 2.75) is 89.5 Å². The van der Waals surface area contributed by atoms with Crippen LogP contribution in [-0.2, 0) is 23.9 Å². The number of nitrogens with one attached hydrogen (secondary N) is 1. The van der Waals surface area contributed by atoms with E-state index < -0.39 is 40.6 Å². The van der Waals surface area contributed by atoms with E-state index in [0.29, 0.717) is 32.2 Å². The lowest BCUT2D eigenvalue weighted by Gasteiger charge is -2.35. The summed E-state index contributed by atoms with van der Waals surface area (Å²) in [5.74, 6) is -2.27. The first-order valence-electron chi connectivity index (χ1n) is 11.1. The van der Waals surface area contributed by atoms with Gasteiger partial charge in [0.1, 0.15) is 17.6 Å². The molecule has 0 aliphatic carbocycles. The minimum absolute atomic E-state index is 0.0981. The van der Waals surface area contributed by atoms with Gasteiger partial charge >= 0.3 is 5.97 Å². The standard InChI is InChI=1S/C22H36N2O6/c1-6-29-19(28)15-14-18(27)24(12-8-7-9-13-25)16(17(26)23-20(2,3)4)22(14)11-10-21(15,5)30-22/h14-16,25H,6-13H2,1-5H3,(H,23,26)/t14-,15+,16?,21-,22?/m0/s1. The van der Waals surface area contributed by atoms with Gasteiger partial charge in [0.25, 0.3) is 0 Å². The molecule has 2 amide bonds. The molecule has 0 aromatic carbocycles. The number of esters is 1. The maximum atomic E-state index is 13.6. The molecule has 170 valence electrons. The van der Waals surface area contributed by atoms with Gasteiger partial charge in [0, 0.05) is 18.7 Å². The van der Waals surface area contributed by atoms with Crippen LogP contribution in [-0.4, -0.2) is 70.3 Å². The van der Waals surface area contributed by atoms with E-state index in [1.54, 1.807) is 11.8 Å². The Hall–Kier alpha value is -1.67. The summed E-state index contributed by atoms with van der Waals surface area (Å²) < 4.78 is 11.8. The fourth-order valence-electron chi connectivity index (χ4n) is 5.57. The van der Waals surface area contributed by atoms with Crippen LogP contribution in [0.2, 0.25) is 0 Å². The van der Waals surface area contributed by atoms with Gasteiger partial charge < -0.3 is 24.8 Å². The third-order valence-corrected chi connectivity index (χ3v) is 6.62. The molecular formula is C22H36N2O6. The molecule has 2 bridgehead atoms. The van der Waals surface area contributed by atoms with Crippen LogP contribution in [0.1, 0.15) is 66.7 Å². The van der Waals surface area contributed by atoms with Crippen LogP contribution in [0.4, 0.5) is 0 Å². The van der Waals surface area contributed by atoms with E-state index in [0.717, 1.165) is 6.42 Å². The molecule has 1 spiro atoms. The number of carbonyl (C=O) groups is 3. The van der Waals surface area contributed by atoms with Crippen molar-refractivity contribution in [2.75, 3.05) is 19.8 Å². The minimum Gasteiger partial charge on any atom is -0.466 e. The fourth-order valence-corrected chi connectivity index (χ4v) is 5.57. The molecule has 3 heterocycles. The molecule has 8 heteroatoms. The predicted molar refractivity (Wildman–Crippen MR) is 109 cm³/mol. The van der Waals surface area contributed by atoms with Gasteiger partial charge in [0.15, 0.2) is 0 Å². The molecule has 30 heavy (non-hydrogen) atoms. The molecule has 3 rings (SSSR count). The van der Waals surface area contributed by atoms with Crippen molar-refractivity contribution in [1.29, 1.82) is 0 Å². The highest BCUT2D eigenvalue weighted by molar-refractivity contribution is 5.98. The molecule has 3 fully saturated rings. The zero-order valence-electron chi connectivity index (χ0n) is 18.8. The Kier molecular flexibility index (Phi) is 6.22. The number of amides is 2. The zero-order valence-corrected chi connectivity index (χ0v) is 18.8. The number of fused-ring (bicyclic) bond motifs is 1. The summed E-state index contributed by atoms with van der Waals surface area (Å²) in [5.41, 5.74) is -2.26. The number of unbranched alkanes of at least 4 members (excludes halogenated alkanes) is 2. The second-order valence-electron chi connectivity index (χ2n) is 10.0. The van der Waals surface area contributed by atoms with E-state index in [9.17, 15) is 14.4 Å². The third-order valence-electron chi connectivity index (χ3n) is 6.62. The van der Waals surface area contributed by atoms with Gasteiger partial charge in [-0.25, -0.2) is 0 Å². The summed E-state index contributed by atoms with van der Waals surface area (Å²) in [5, 5.41) is 12.1. The lowest BCUT2D eigenvalue weighted by atomic mass is 9.66. The van der Waals surface area contributed by atoms with Gasteiger partial charge in [-0.05, 0) is 66.7 Å². The summed E-state index contributed by atoms with van der Waals surface area (Å²) >= 11 is 0. The number of nitrogens with zero attached hydrogens (tertiary/aromatic N) is 1. The van der Waals surface area contributed by atoms with Crippen LogP contribution < -0.4 is 5.32 Å². The molecule has 2 N–H and O–H groups in total. The number of aliphatic hydroxyl groups excluding tert-OH is 1. The van der Waals surface area contributed by atoms with Crippen LogP contribution in [0.3, 0.4) is 0 Å². The summed E-state index contributed by atoms with van der Waals surface area (Å²) in [4.78, 5) is 41.4. The highest BCUT2D eigenvalue weighted by Gasteiger charge is 2.78. The summed E-state index contributed by atoms with van der Waals surface area (Å²) in [7, 11) is 0. The van der Waals surface area contributed by atoms with Gasteiger partial charge in [-0.1, -0.05) is 0 Å². The number of carbonyl (C=O) groups excluding carboxylic acids is 3. The van der Waals surface area contributed by atoms with Crippen molar-refractivity contribution in [3.05, 3.63) is 0 Å². The van der Waals surface area contributed by atoms with Crippen molar-refractivity contribution < 1.29 is 29.0 Å². The van der Waals surface area contributed by atoms with Crippen LogP contribution in [0, 0.1) is 11.8 Å². The molecular weight excluding hydrogens is 388 g/mol. The Morgan fingerprint density at radius 1 is 1.27 bits per heavy atom. The minimum atomic E-state index is -1.00. The first kappa shape index (κ1) is 23.0. The molecule has 8 nitrogen and oxygen atoms in total. The predicted octanol–water partition coefficient (Wildman–Crippen LogP) is 1.39. The first-order chi connectivity index (χ1) is 14.0. The highest BCUT2D eigenvalue weighted by atomic mass is 16.6. The average Bonchev–Trinajstić information content (AvgIpc) is 3.19. The van der Waals surface area contributed by atoms with Gasteiger partial charge in [-0.2, -0.15) is 0 Å². The van der Waals surface area contributed by atoms with Crippen molar-refractivity contribution >= 4 is 17.8 Å². The third kappa shape index (κ3) is 3.73. The van der Waals surface area contributed by atoms with Crippen molar-refractivity contribution in [2.24, 2.45) is 11.8 Å². The Labute approximate surface area is 178 Å². The topological polar surface area (TPSA) is 105 Å². The van der Waals surface area contributed by atoms with E-state index in [-0.39, 0.29) is 25.0 Å². The summed E-state index contributed by atoms with van der Waals surface area (Å²) in [6.07, 6.45) is 3.25. The molecule has 0 aromatic rings. The van der Waals surface area contributed by atoms with Gasteiger partial charge in [-0.3, -0.25) is 14.4 Å². The zero-order chi connectivity index (χ0) is 22.3. The van der Waals surface area contributed by atoms with E-state index >= 15 is 0 Å². The maximum absolute atomic E-state index is 13.6. The quantitative estimate of drug-likeness (QED) is 0.451. The number of rotatable bonds is 8. The maximum Gasteiger partial charge on any atom is 0.312 e. The number of likely N-dealkylation sites (tertiary alicyclic amines) is 1. The molecule has 0 aromatic heterocycles. The summed E-state index contributed by atoms with van der Waals surface area (Å²) in [6.45, 7) is 10.0. The van der Waals surface area contributed by atoms with Gasteiger partial charge in [-0.15, -0.1) is 0 Å². The smallest absolute Gasteiger partial charge is 0.312 e. The van der Waals surface area contributed by atoms with E-state index in [1.807, 2.05) is 27.7 Å². The molecule has 3 aliphatic heterocycles. The second kappa shape index (κ2) is 8.11. The molecule has 3 aliphatic rings. The Morgan fingerprint density at radius 2 is 1.97 bits per heavy atom. The lowest BCUT2D eigenvalue weighted by Crippen LogP contribution is -2.58. The van der Waals surface area contributed by atoms with Crippen molar-refractivity contribution in [3.8, 4) is 0 Å². The van der Waals surface area contributed by atoms with Gasteiger partial charge in [0.05, 0.1) is 18.1 Å². The van der Waals surface area contributed by atoms with E-state index in [4.69, 9.17) is 14.6 Å². The molecule has 5 atom stereocenters. The van der Waals surface area contributed by atoms with E-state index in [2.05, 4.69) is 5.32 Å². The molecule has 2 unspecified atom stereocenters. The van der Waals surface area contributed by atoms with Crippen LogP contribution in [0.5, 0.6) is 0 Å². The first-order valence-corrected chi connectivity index (χ1v) is 11.1. The Morgan fingerprint density at radius 3 is 2.57 bits per heavy atom. The van der Waals surface area contributed by atoms with Crippen LogP contribution in [0.15, 0.2) is 0 Å². The number of aliphatic hydroxyl groups is 1. The van der Waals surface area contributed by atoms with Crippen molar-refractivity contribution in [1.82, 2.24) is 10.2 Å². The largest absolute Gasteiger partial charge is 0.466 e. The number of ether oxygens (including phenoxy) is 2. The Bertz CT molecular complexity index is 704. The van der Waals surface area contributed by atoms with Crippen LogP contribution in [0.25, 0.3) is 0 Å².